The van der Waals surface area contributed by atoms with Crippen LogP contribution in [0.5, 0.6) is 0 Å². The summed E-state index contributed by atoms with van der Waals surface area (Å²) in [5.41, 5.74) is 0. The number of hydrogen-bond donors (Lipinski definition) is 0. The van der Waals surface area contributed by atoms with Crippen molar-refractivity contribution in [2.45, 2.75) is 23.7 Å². The van der Waals surface area contributed by atoms with Crippen LogP contribution in [0, 0.1) is 5.92 Å². The summed E-state index contributed by atoms with van der Waals surface area (Å²) < 4.78 is 27.5. The van der Waals surface area contributed by atoms with E-state index in [1.807, 2.05) is 6.92 Å². The van der Waals surface area contributed by atoms with Crippen molar-refractivity contribution in [1.82, 2.24) is 14.1 Å². The van der Waals surface area contributed by atoms with Gasteiger partial charge in [-0.25, -0.2) is 8.42 Å². The first-order valence-electron chi connectivity index (χ1n) is 5.55. The molecule has 2 unspecified atom stereocenters. The monoisotopic (exact) mass is 277 g/mol. The molecule has 2 heterocycles. The van der Waals surface area contributed by atoms with Crippen LogP contribution in [0.4, 0.5) is 0 Å². The molecule has 5 nitrogen and oxygen atoms in total. The first kappa shape index (κ1) is 12.9. The standard InChI is InChI=1S/C10H16ClN3O2S/c1-8-4-6-14(7-9(8)11)17(15,16)10-3-5-12-13(10)2/h3,5,8-9H,4,6-7H2,1-2H3. The van der Waals surface area contributed by atoms with Gasteiger partial charge in [-0.15, -0.1) is 11.6 Å². The van der Waals surface area contributed by atoms with Gasteiger partial charge in [-0.3, -0.25) is 4.68 Å². The number of sulfonamides is 1. The average molecular weight is 278 g/mol. The van der Waals surface area contributed by atoms with Crippen LogP contribution in [0.15, 0.2) is 17.3 Å². The molecule has 1 fully saturated rings. The molecule has 7 heteroatoms. The molecule has 0 aliphatic carbocycles. The van der Waals surface area contributed by atoms with Crippen molar-refractivity contribution < 1.29 is 8.42 Å². The highest BCUT2D eigenvalue weighted by Crippen LogP contribution is 2.26. The van der Waals surface area contributed by atoms with Gasteiger partial charge in [-0.1, -0.05) is 6.92 Å². The van der Waals surface area contributed by atoms with Gasteiger partial charge in [0.1, 0.15) is 0 Å². The molecule has 0 saturated carbocycles. The van der Waals surface area contributed by atoms with E-state index in [1.54, 1.807) is 7.05 Å². The molecule has 1 aliphatic rings. The quantitative estimate of drug-likeness (QED) is 0.760. The largest absolute Gasteiger partial charge is 0.260 e. The van der Waals surface area contributed by atoms with Crippen molar-refractivity contribution in [3.05, 3.63) is 12.3 Å². The van der Waals surface area contributed by atoms with Gasteiger partial charge in [0.2, 0.25) is 0 Å². The van der Waals surface area contributed by atoms with Gasteiger partial charge in [-0.05, 0) is 18.4 Å². The van der Waals surface area contributed by atoms with E-state index >= 15 is 0 Å². The highest BCUT2D eigenvalue weighted by Gasteiger charge is 2.34. The van der Waals surface area contributed by atoms with Crippen LogP contribution in [-0.4, -0.2) is 41.0 Å². The van der Waals surface area contributed by atoms with E-state index in [0.717, 1.165) is 6.42 Å². The van der Waals surface area contributed by atoms with E-state index in [9.17, 15) is 8.42 Å². The Morgan fingerprint density at radius 1 is 1.53 bits per heavy atom. The van der Waals surface area contributed by atoms with Crippen LogP contribution in [-0.2, 0) is 17.1 Å². The fourth-order valence-electron chi connectivity index (χ4n) is 1.96. The zero-order chi connectivity index (χ0) is 12.6. The Bertz CT molecular complexity index is 499. The predicted molar refractivity (Wildman–Crippen MR) is 65.4 cm³/mol. The van der Waals surface area contributed by atoms with Crippen molar-refractivity contribution in [2.75, 3.05) is 13.1 Å². The second-order valence-electron chi connectivity index (χ2n) is 4.44. The zero-order valence-corrected chi connectivity index (χ0v) is 11.4. The second kappa shape index (κ2) is 4.59. The minimum absolute atomic E-state index is 0.119. The SMILES string of the molecule is CC1CCN(S(=O)(=O)c2ccnn2C)CC1Cl. The molecular weight excluding hydrogens is 262 g/mol. The zero-order valence-electron chi connectivity index (χ0n) is 9.88. The van der Waals surface area contributed by atoms with Gasteiger partial charge in [0, 0.05) is 25.5 Å². The van der Waals surface area contributed by atoms with E-state index in [4.69, 9.17) is 11.6 Å². The molecule has 2 atom stereocenters. The van der Waals surface area contributed by atoms with Crippen molar-refractivity contribution in [2.24, 2.45) is 13.0 Å². The van der Waals surface area contributed by atoms with E-state index in [0.29, 0.717) is 19.0 Å². The summed E-state index contributed by atoms with van der Waals surface area (Å²) in [7, 11) is -1.83. The number of hydrogen-bond acceptors (Lipinski definition) is 3. The van der Waals surface area contributed by atoms with Crippen LogP contribution < -0.4 is 0 Å². The van der Waals surface area contributed by atoms with Crippen molar-refractivity contribution in [3.63, 3.8) is 0 Å². The van der Waals surface area contributed by atoms with Gasteiger partial charge in [0.05, 0.1) is 6.20 Å². The normalized spacial score (nSPS) is 27.2. The number of rotatable bonds is 2. The fourth-order valence-corrected chi connectivity index (χ4v) is 3.92. The lowest BCUT2D eigenvalue weighted by Crippen LogP contribution is -2.44. The summed E-state index contributed by atoms with van der Waals surface area (Å²) in [6, 6.07) is 1.51. The summed E-state index contributed by atoms with van der Waals surface area (Å²) >= 11 is 6.14. The highest BCUT2D eigenvalue weighted by atomic mass is 35.5. The first-order chi connectivity index (χ1) is 7.93. The lowest BCUT2D eigenvalue weighted by atomic mass is 10.0. The van der Waals surface area contributed by atoms with Crippen LogP contribution in [0.25, 0.3) is 0 Å². The summed E-state index contributed by atoms with van der Waals surface area (Å²) in [6.45, 7) is 2.94. The smallest absolute Gasteiger partial charge is 0.256 e. The van der Waals surface area contributed by atoms with Gasteiger partial charge in [-0.2, -0.15) is 9.40 Å². The number of aromatic nitrogens is 2. The van der Waals surface area contributed by atoms with Crippen LogP contribution in [0.3, 0.4) is 0 Å². The van der Waals surface area contributed by atoms with Crippen LogP contribution in [0.2, 0.25) is 0 Å². The summed E-state index contributed by atoms with van der Waals surface area (Å²) in [4.78, 5) is 0. The van der Waals surface area contributed by atoms with E-state index in [1.165, 1.54) is 21.3 Å². The lowest BCUT2D eigenvalue weighted by molar-refractivity contribution is 0.291. The number of aryl methyl sites for hydroxylation is 1. The Hall–Kier alpha value is -0.590. The van der Waals surface area contributed by atoms with Gasteiger partial charge in [0.15, 0.2) is 5.03 Å². The van der Waals surface area contributed by atoms with Gasteiger partial charge >= 0.3 is 0 Å². The number of nitrogens with zero attached hydrogens (tertiary/aromatic N) is 3. The molecule has 1 aromatic heterocycles. The Balaban J connectivity index is 2.26. The third-order valence-electron chi connectivity index (χ3n) is 3.21. The van der Waals surface area contributed by atoms with Gasteiger partial charge < -0.3 is 0 Å². The molecule has 1 aliphatic heterocycles. The van der Waals surface area contributed by atoms with E-state index < -0.39 is 10.0 Å². The fraction of sp³-hybridized carbons (Fsp3) is 0.700. The molecule has 17 heavy (non-hydrogen) atoms. The van der Waals surface area contributed by atoms with Gasteiger partial charge in [0.25, 0.3) is 10.0 Å². The van der Waals surface area contributed by atoms with Crippen LogP contribution >= 0.6 is 11.6 Å². The average Bonchev–Trinajstić information content (AvgIpc) is 2.69. The molecule has 96 valence electrons. The number of piperidine rings is 1. The molecule has 2 rings (SSSR count). The Morgan fingerprint density at radius 3 is 2.76 bits per heavy atom. The first-order valence-corrected chi connectivity index (χ1v) is 7.43. The Morgan fingerprint density at radius 2 is 2.24 bits per heavy atom. The minimum Gasteiger partial charge on any atom is -0.256 e. The highest BCUT2D eigenvalue weighted by molar-refractivity contribution is 7.89. The maximum Gasteiger partial charge on any atom is 0.260 e. The molecule has 1 aromatic rings. The lowest BCUT2D eigenvalue weighted by Gasteiger charge is -2.32. The molecule has 0 bridgehead atoms. The maximum absolute atomic E-state index is 12.3. The Kier molecular flexibility index (Phi) is 3.47. The molecule has 0 radical (unpaired) electrons. The molecule has 0 amide bonds. The van der Waals surface area contributed by atoms with E-state index in [2.05, 4.69) is 5.10 Å². The third kappa shape index (κ3) is 2.34. The van der Waals surface area contributed by atoms with Crippen molar-refractivity contribution in [3.8, 4) is 0 Å². The molecular formula is C10H16ClN3O2S. The van der Waals surface area contributed by atoms with E-state index in [-0.39, 0.29) is 10.4 Å². The second-order valence-corrected chi connectivity index (χ2v) is 6.88. The summed E-state index contributed by atoms with van der Waals surface area (Å²) in [5, 5.41) is 3.99. The predicted octanol–water partition coefficient (Wildman–Crippen LogP) is 1.06. The molecule has 0 spiro atoms. The molecule has 0 aromatic carbocycles. The summed E-state index contributed by atoms with van der Waals surface area (Å²) in [6.07, 6.45) is 2.28. The Labute approximate surface area is 106 Å². The molecule has 0 N–H and O–H groups in total. The number of halogens is 1. The number of alkyl halides is 1. The summed E-state index contributed by atoms with van der Waals surface area (Å²) in [5.74, 6) is 0.356. The van der Waals surface area contributed by atoms with Crippen molar-refractivity contribution >= 4 is 21.6 Å². The van der Waals surface area contributed by atoms with Crippen LogP contribution in [0.1, 0.15) is 13.3 Å². The molecule has 1 saturated heterocycles. The third-order valence-corrected chi connectivity index (χ3v) is 5.72. The minimum atomic E-state index is -3.46. The van der Waals surface area contributed by atoms with Crippen molar-refractivity contribution in [1.29, 1.82) is 0 Å². The maximum atomic E-state index is 12.3. The topological polar surface area (TPSA) is 55.2 Å².